The van der Waals surface area contributed by atoms with E-state index >= 15 is 0 Å². The highest BCUT2D eigenvalue weighted by Gasteiger charge is 2.10. The van der Waals surface area contributed by atoms with Crippen molar-refractivity contribution < 1.29 is 14.7 Å². The molecule has 0 aliphatic heterocycles. The van der Waals surface area contributed by atoms with Crippen molar-refractivity contribution in [1.82, 2.24) is 0 Å². The van der Waals surface area contributed by atoms with Crippen LogP contribution < -0.4 is 0 Å². The minimum atomic E-state index is -0.916. The van der Waals surface area contributed by atoms with Gasteiger partial charge in [-0.1, -0.05) is 0 Å². The molecule has 0 amide bonds. The second-order valence-electron chi connectivity index (χ2n) is 2.43. The zero-order valence-corrected chi connectivity index (χ0v) is 7.95. The van der Waals surface area contributed by atoms with E-state index in [2.05, 4.69) is 0 Å². The van der Waals surface area contributed by atoms with Crippen LogP contribution in [0.5, 0.6) is 0 Å². The van der Waals surface area contributed by atoms with Crippen LogP contribution in [-0.2, 0) is 0 Å². The van der Waals surface area contributed by atoms with Crippen molar-refractivity contribution >= 4 is 44.3 Å². The number of rotatable bonds is 2. The van der Waals surface area contributed by atoms with Crippen LogP contribution in [0.3, 0.4) is 0 Å². The molecule has 0 aromatic carbocycles. The van der Waals surface area contributed by atoms with Gasteiger partial charge < -0.3 is 5.11 Å². The molecule has 66 valence electrons. The van der Waals surface area contributed by atoms with Crippen LogP contribution in [0.2, 0.25) is 0 Å². The maximum atomic E-state index is 10.6. The van der Waals surface area contributed by atoms with Gasteiger partial charge in [0.15, 0.2) is 6.29 Å². The summed E-state index contributed by atoms with van der Waals surface area (Å²) in [4.78, 5) is 21.9. The predicted molar refractivity (Wildman–Crippen MR) is 52.0 cm³/mol. The Bertz CT molecular complexity index is 449. The number of thiophene rings is 2. The van der Waals surface area contributed by atoms with Gasteiger partial charge in [0, 0.05) is 5.39 Å². The molecule has 0 fully saturated rings. The third kappa shape index (κ3) is 1.36. The largest absolute Gasteiger partial charge is 0.477 e. The van der Waals surface area contributed by atoms with Gasteiger partial charge >= 0.3 is 5.97 Å². The van der Waals surface area contributed by atoms with E-state index in [1.165, 1.54) is 22.7 Å². The number of aromatic carboxylic acids is 1. The molecule has 0 aliphatic rings. The van der Waals surface area contributed by atoms with E-state index in [1.54, 1.807) is 12.1 Å². The van der Waals surface area contributed by atoms with Crippen molar-refractivity contribution in [3.63, 3.8) is 0 Å². The summed E-state index contributed by atoms with van der Waals surface area (Å²) in [6.45, 7) is 0. The third-order valence-corrected chi connectivity index (χ3v) is 3.86. The number of carbonyl (C=O) groups is 2. The van der Waals surface area contributed by atoms with Crippen molar-refractivity contribution in [2.45, 2.75) is 0 Å². The first-order valence-corrected chi connectivity index (χ1v) is 5.06. The van der Waals surface area contributed by atoms with Gasteiger partial charge in [-0.25, -0.2) is 4.79 Å². The molecule has 0 unspecified atom stereocenters. The molecule has 2 aromatic rings. The third-order valence-electron chi connectivity index (χ3n) is 1.56. The van der Waals surface area contributed by atoms with Gasteiger partial charge in [-0.15, -0.1) is 22.7 Å². The maximum absolute atomic E-state index is 10.6. The van der Waals surface area contributed by atoms with Gasteiger partial charge in [0.1, 0.15) is 4.88 Å². The molecule has 0 saturated carbocycles. The second kappa shape index (κ2) is 2.93. The normalized spacial score (nSPS) is 10.5. The molecule has 5 heteroatoms. The van der Waals surface area contributed by atoms with E-state index < -0.39 is 5.97 Å². The highest BCUT2D eigenvalue weighted by Crippen LogP contribution is 2.32. The Kier molecular flexibility index (Phi) is 1.90. The number of fused-ring (bicyclic) bond motifs is 1. The number of carboxylic acid groups (broad SMARTS) is 1. The van der Waals surface area contributed by atoms with Gasteiger partial charge in [-0.2, -0.15) is 0 Å². The van der Waals surface area contributed by atoms with Crippen molar-refractivity contribution in [2.24, 2.45) is 0 Å². The number of carboxylic acids is 1. The van der Waals surface area contributed by atoms with Crippen LogP contribution >= 0.6 is 22.7 Å². The minimum Gasteiger partial charge on any atom is -0.477 e. The minimum absolute atomic E-state index is 0.318. The summed E-state index contributed by atoms with van der Waals surface area (Å²) in [6, 6.07) is 3.29. The summed E-state index contributed by atoms with van der Waals surface area (Å²) in [5.41, 5.74) is 0. The Morgan fingerprint density at radius 2 is 2.15 bits per heavy atom. The zero-order chi connectivity index (χ0) is 9.42. The molecular weight excluding hydrogens is 208 g/mol. The monoisotopic (exact) mass is 212 g/mol. The summed E-state index contributed by atoms with van der Waals surface area (Å²) in [6.07, 6.45) is 0.776. The molecule has 0 atom stereocenters. The fourth-order valence-electron chi connectivity index (χ4n) is 1.02. The molecule has 3 nitrogen and oxygen atoms in total. The van der Waals surface area contributed by atoms with Gasteiger partial charge in [-0.05, 0) is 12.1 Å². The Labute approximate surface area is 81.2 Å². The zero-order valence-electron chi connectivity index (χ0n) is 6.31. The highest BCUT2D eigenvalue weighted by atomic mass is 32.2. The molecule has 2 rings (SSSR count). The molecule has 1 N–H and O–H groups in total. The summed E-state index contributed by atoms with van der Waals surface area (Å²) in [5.74, 6) is -0.916. The molecule has 0 bridgehead atoms. The molecule has 13 heavy (non-hydrogen) atoms. The summed E-state index contributed by atoms with van der Waals surface area (Å²) in [5, 5.41) is 9.52. The van der Waals surface area contributed by atoms with Crippen LogP contribution in [-0.4, -0.2) is 17.4 Å². The first-order valence-electron chi connectivity index (χ1n) is 3.42. The molecular formula is C8H4O3S2. The number of hydrogen-bond donors (Lipinski definition) is 1. The summed E-state index contributed by atoms with van der Waals surface area (Å²) < 4.78 is 0.888. The van der Waals surface area contributed by atoms with Gasteiger partial charge in [0.05, 0.1) is 8.89 Å². The second-order valence-corrected chi connectivity index (χ2v) is 4.82. The van der Waals surface area contributed by atoms with Crippen LogP contribution in [0.1, 0.15) is 19.3 Å². The Morgan fingerprint density at radius 3 is 2.69 bits per heavy atom. The lowest BCUT2D eigenvalue weighted by Gasteiger charge is -1.81. The molecule has 2 aromatic heterocycles. The van der Waals surface area contributed by atoms with E-state index in [-0.39, 0.29) is 0 Å². The van der Waals surface area contributed by atoms with E-state index in [0.29, 0.717) is 9.75 Å². The average Bonchev–Trinajstić information content (AvgIpc) is 2.58. The number of aldehydes is 1. The van der Waals surface area contributed by atoms with Gasteiger partial charge in [-0.3, -0.25) is 4.79 Å². The fourth-order valence-corrected chi connectivity index (χ4v) is 3.14. The van der Waals surface area contributed by atoms with E-state index in [1.807, 2.05) is 0 Å². The summed E-state index contributed by atoms with van der Waals surface area (Å²) in [7, 11) is 0. The Morgan fingerprint density at radius 1 is 1.38 bits per heavy atom. The number of carbonyl (C=O) groups excluding carboxylic acids is 1. The topological polar surface area (TPSA) is 54.4 Å². The standard InChI is InChI=1S/C8H4O3S2/c9-3-5-1-4-2-6(7(10)11)13-8(4)12-5/h1-3H,(H,10,11). The van der Waals surface area contributed by atoms with E-state index in [4.69, 9.17) is 5.11 Å². The fraction of sp³-hybridized carbons (Fsp3) is 0. The van der Waals surface area contributed by atoms with Crippen molar-refractivity contribution in [3.05, 3.63) is 21.9 Å². The lowest BCUT2D eigenvalue weighted by Crippen LogP contribution is -1.89. The lowest BCUT2D eigenvalue weighted by atomic mass is 10.3. The van der Waals surface area contributed by atoms with Crippen LogP contribution in [0, 0.1) is 0 Å². The maximum Gasteiger partial charge on any atom is 0.345 e. The van der Waals surface area contributed by atoms with Crippen LogP contribution in [0.15, 0.2) is 12.1 Å². The lowest BCUT2D eigenvalue weighted by molar-refractivity contribution is 0.0702. The molecule has 0 aliphatic carbocycles. The molecule has 2 heterocycles. The average molecular weight is 212 g/mol. The molecule has 0 radical (unpaired) electrons. The van der Waals surface area contributed by atoms with E-state index in [0.717, 1.165) is 15.7 Å². The predicted octanol–water partition coefficient (Wildman–Crippen LogP) is 2.47. The van der Waals surface area contributed by atoms with Crippen molar-refractivity contribution in [3.8, 4) is 0 Å². The van der Waals surface area contributed by atoms with Gasteiger partial charge in [0.2, 0.25) is 0 Å². The van der Waals surface area contributed by atoms with Crippen molar-refractivity contribution in [1.29, 1.82) is 0 Å². The smallest absolute Gasteiger partial charge is 0.345 e. The molecule has 0 saturated heterocycles. The Hall–Kier alpha value is -1.20. The first kappa shape index (κ1) is 8.40. The van der Waals surface area contributed by atoms with Gasteiger partial charge in [0.25, 0.3) is 0 Å². The quantitative estimate of drug-likeness (QED) is 0.778. The summed E-state index contributed by atoms with van der Waals surface area (Å²) >= 11 is 2.52. The van der Waals surface area contributed by atoms with Crippen LogP contribution in [0.25, 0.3) is 9.40 Å². The van der Waals surface area contributed by atoms with Crippen molar-refractivity contribution in [2.75, 3.05) is 0 Å². The number of hydrogen-bond acceptors (Lipinski definition) is 4. The SMILES string of the molecule is O=Cc1cc2cc(C(=O)O)sc2s1. The first-order chi connectivity index (χ1) is 6.20. The molecule has 0 spiro atoms. The van der Waals surface area contributed by atoms with E-state index in [9.17, 15) is 9.59 Å². The highest BCUT2D eigenvalue weighted by molar-refractivity contribution is 7.39. The Balaban J connectivity index is 2.60. The van der Waals surface area contributed by atoms with Crippen LogP contribution in [0.4, 0.5) is 0 Å².